The Morgan fingerprint density at radius 2 is 2.06 bits per heavy atom. The van der Waals surface area contributed by atoms with Gasteiger partial charge in [0.25, 0.3) is 0 Å². The van der Waals surface area contributed by atoms with Crippen LogP contribution in [0.15, 0.2) is 0 Å². The van der Waals surface area contributed by atoms with Crippen molar-refractivity contribution in [2.24, 2.45) is 5.41 Å². The minimum Gasteiger partial charge on any atom is -0.376 e. The molecule has 18 heavy (non-hydrogen) atoms. The second-order valence-electron chi connectivity index (χ2n) is 5.25. The summed E-state index contributed by atoms with van der Waals surface area (Å²) in [4.78, 5) is 37.0. The monoisotopic (exact) mass is 252 g/mol. The molecule has 1 saturated carbocycles. The second kappa shape index (κ2) is 4.05. The van der Waals surface area contributed by atoms with Crippen molar-refractivity contribution in [1.29, 1.82) is 0 Å². The highest BCUT2D eigenvalue weighted by molar-refractivity contribution is 6.19. The molecule has 4 amide bonds. The van der Waals surface area contributed by atoms with Crippen LogP contribution in [0.2, 0.25) is 0 Å². The summed E-state index contributed by atoms with van der Waals surface area (Å²) in [5.74, 6) is -0.759. The molecule has 0 aromatic rings. The lowest BCUT2D eigenvalue weighted by molar-refractivity contribution is -0.158. The molecular weight excluding hydrogens is 236 g/mol. The molecule has 6 heteroatoms. The van der Waals surface area contributed by atoms with E-state index in [-0.39, 0.29) is 18.6 Å². The maximum absolute atomic E-state index is 12.3. The van der Waals surface area contributed by atoms with Crippen LogP contribution in [-0.2, 0) is 14.3 Å². The van der Waals surface area contributed by atoms with E-state index in [1.807, 2.05) is 0 Å². The fraction of sp³-hybridized carbons (Fsp3) is 0.750. The zero-order valence-corrected chi connectivity index (χ0v) is 10.1. The summed E-state index contributed by atoms with van der Waals surface area (Å²) in [6.07, 6.45) is 3.70. The summed E-state index contributed by atoms with van der Waals surface area (Å²) in [6.45, 7) is 0.943. The molecule has 3 fully saturated rings. The highest BCUT2D eigenvalue weighted by Gasteiger charge is 2.57. The van der Waals surface area contributed by atoms with Crippen LogP contribution in [0.5, 0.6) is 0 Å². The molecular formula is C12H16N2O4. The molecule has 1 spiro atoms. The smallest absolute Gasteiger partial charge is 0.330 e. The number of rotatable bonds is 2. The van der Waals surface area contributed by atoms with Crippen molar-refractivity contribution in [3.05, 3.63) is 0 Å². The van der Waals surface area contributed by atoms with Crippen LogP contribution in [0.25, 0.3) is 0 Å². The van der Waals surface area contributed by atoms with E-state index in [1.54, 1.807) is 0 Å². The average Bonchev–Trinajstić information content (AvgIpc) is 2.74. The Labute approximate surface area is 105 Å². The molecule has 2 aliphatic heterocycles. The topological polar surface area (TPSA) is 75.7 Å². The first kappa shape index (κ1) is 11.6. The van der Waals surface area contributed by atoms with Gasteiger partial charge in [0, 0.05) is 6.61 Å². The average molecular weight is 252 g/mol. The molecule has 0 radical (unpaired) electrons. The SMILES string of the molecule is O=C1NC(=O)C2(CCC2)C(=O)N1CC1CCCO1. The van der Waals surface area contributed by atoms with E-state index < -0.39 is 17.4 Å². The number of nitrogens with zero attached hydrogens (tertiary/aromatic N) is 1. The highest BCUT2D eigenvalue weighted by atomic mass is 16.5. The zero-order chi connectivity index (χ0) is 12.8. The van der Waals surface area contributed by atoms with Gasteiger partial charge >= 0.3 is 6.03 Å². The summed E-state index contributed by atoms with van der Waals surface area (Å²) in [5.41, 5.74) is -0.966. The van der Waals surface area contributed by atoms with Crippen LogP contribution in [0.3, 0.4) is 0 Å². The van der Waals surface area contributed by atoms with Crippen LogP contribution in [0.4, 0.5) is 4.79 Å². The van der Waals surface area contributed by atoms with Gasteiger partial charge in [-0.1, -0.05) is 6.42 Å². The summed E-state index contributed by atoms with van der Waals surface area (Å²) < 4.78 is 5.44. The second-order valence-corrected chi connectivity index (χ2v) is 5.25. The Balaban J connectivity index is 1.77. The fourth-order valence-electron chi connectivity index (χ4n) is 2.86. The van der Waals surface area contributed by atoms with Gasteiger partial charge < -0.3 is 4.74 Å². The Hall–Kier alpha value is -1.43. The standard InChI is InChI=1S/C12H16N2O4/c15-9-12(4-2-5-12)10(16)14(11(17)13-9)7-8-3-1-6-18-8/h8H,1-7H2,(H,13,15,17). The number of ether oxygens (including phenoxy) is 1. The number of amides is 4. The predicted molar refractivity (Wildman–Crippen MR) is 60.5 cm³/mol. The fourth-order valence-corrected chi connectivity index (χ4v) is 2.86. The van der Waals surface area contributed by atoms with Gasteiger partial charge in [0.15, 0.2) is 0 Å². The minimum absolute atomic E-state index is 0.0787. The molecule has 1 aliphatic carbocycles. The van der Waals surface area contributed by atoms with Crippen LogP contribution in [-0.4, -0.2) is 42.0 Å². The van der Waals surface area contributed by atoms with Crippen LogP contribution < -0.4 is 5.32 Å². The molecule has 0 bridgehead atoms. The maximum Gasteiger partial charge on any atom is 0.330 e. The Morgan fingerprint density at radius 3 is 2.61 bits per heavy atom. The van der Waals surface area contributed by atoms with Crippen molar-refractivity contribution in [2.75, 3.05) is 13.2 Å². The molecule has 3 aliphatic rings. The van der Waals surface area contributed by atoms with Gasteiger partial charge in [0.2, 0.25) is 11.8 Å². The van der Waals surface area contributed by atoms with Gasteiger partial charge in [-0.15, -0.1) is 0 Å². The maximum atomic E-state index is 12.3. The van der Waals surface area contributed by atoms with E-state index >= 15 is 0 Å². The highest BCUT2D eigenvalue weighted by Crippen LogP contribution is 2.44. The lowest BCUT2D eigenvalue weighted by Gasteiger charge is -2.44. The van der Waals surface area contributed by atoms with Gasteiger partial charge in [-0.2, -0.15) is 0 Å². The molecule has 0 aromatic carbocycles. The number of hydrogen-bond acceptors (Lipinski definition) is 4. The third-order valence-electron chi connectivity index (χ3n) is 4.17. The number of barbiturate groups is 1. The lowest BCUT2D eigenvalue weighted by atomic mass is 9.66. The number of carbonyl (C=O) groups excluding carboxylic acids is 3. The number of imide groups is 2. The lowest BCUT2D eigenvalue weighted by Crippen LogP contribution is -2.66. The van der Waals surface area contributed by atoms with Gasteiger partial charge in [-0.05, 0) is 25.7 Å². The van der Waals surface area contributed by atoms with Crippen molar-refractivity contribution in [3.63, 3.8) is 0 Å². The van der Waals surface area contributed by atoms with Crippen molar-refractivity contribution in [3.8, 4) is 0 Å². The molecule has 6 nitrogen and oxygen atoms in total. The number of nitrogens with one attached hydrogen (secondary N) is 1. The zero-order valence-electron chi connectivity index (χ0n) is 10.1. The first-order chi connectivity index (χ1) is 8.63. The Morgan fingerprint density at radius 1 is 1.28 bits per heavy atom. The number of hydrogen-bond donors (Lipinski definition) is 1. The summed E-state index contributed by atoms with van der Waals surface area (Å²) >= 11 is 0. The molecule has 1 N–H and O–H groups in total. The summed E-state index contributed by atoms with van der Waals surface area (Å²) in [5, 5.41) is 2.30. The predicted octanol–water partition coefficient (Wildman–Crippen LogP) is 0.414. The largest absolute Gasteiger partial charge is 0.376 e. The molecule has 2 saturated heterocycles. The van der Waals surface area contributed by atoms with E-state index in [4.69, 9.17) is 4.74 Å². The first-order valence-electron chi connectivity index (χ1n) is 6.42. The van der Waals surface area contributed by atoms with E-state index in [1.165, 1.54) is 0 Å². The molecule has 0 aromatic heterocycles. The van der Waals surface area contributed by atoms with Crippen molar-refractivity contribution in [1.82, 2.24) is 10.2 Å². The van der Waals surface area contributed by atoms with E-state index in [0.717, 1.165) is 24.2 Å². The molecule has 3 rings (SSSR count). The molecule has 98 valence electrons. The molecule has 2 heterocycles. The van der Waals surface area contributed by atoms with Gasteiger partial charge in [0.05, 0.1) is 12.6 Å². The molecule has 1 unspecified atom stereocenters. The quantitative estimate of drug-likeness (QED) is 0.722. The first-order valence-corrected chi connectivity index (χ1v) is 6.42. The van der Waals surface area contributed by atoms with Crippen LogP contribution in [0, 0.1) is 5.41 Å². The van der Waals surface area contributed by atoms with E-state index in [0.29, 0.717) is 19.4 Å². The Bertz CT molecular complexity index is 410. The number of urea groups is 1. The summed E-state index contributed by atoms with van der Waals surface area (Å²) in [6, 6.07) is -0.599. The van der Waals surface area contributed by atoms with Crippen LogP contribution in [0.1, 0.15) is 32.1 Å². The third kappa shape index (κ3) is 1.55. The summed E-state index contributed by atoms with van der Waals surface area (Å²) in [7, 11) is 0. The Kier molecular flexibility index (Phi) is 2.62. The van der Waals surface area contributed by atoms with Crippen molar-refractivity contribution < 1.29 is 19.1 Å². The normalized spacial score (nSPS) is 30.6. The minimum atomic E-state index is -0.966. The van der Waals surface area contributed by atoms with Crippen molar-refractivity contribution >= 4 is 17.8 Å². The van der Waals surface area contributed by atoms with Gasteiger partial charge in [0.1, 0.15) is 5.41 Å². The third-order valence-corrected chi connectivity index (χ3v) is 4.17. The van der Waals surface area contributed by atoms with Crippen molar-refractivity contribution in [2.45, 2.75) is 38.2 Å². The van der Waals surface area contributed by atoms with E-state index in [9.17, 15) is 14.4 Å². The van der Waals surface area contributed by atoms with Crippen LogP contribution >= 0.6 is 0 Å². The van der Waals surface area contributed by atoms with Gasteiger partial charge in [-0.25, -0.2) is 4.79 Å². The molecule has 1 atom stereocenters. The van der Waals surface area contributed by atoms with E-state index in [2.05, 4.69) is 5.32 Å². The number of carbonyl (C=O) groups is 3. The van der Waals surface area contributed by atoms with Gasteiger partial charge in [-0.3, -0.25) is 19.8 Å².